The summed E-state index contributed by atoms with van der Waals surface area (Å²) in [5, 5.41) is 4.81. The molecule has 1 fully saturated rings. The molecule has 2 aromatic carbocycles. The fourth-order valence-electron chi connectivity index (χ4n) is 5.10. The van der Waals surface area contributed by atoms with Gasteiger partial charge in [0.2, 0.25) is 5.88 Å². The highest BCUT2D eigenvalue weighted by molar-refractivity contribution is 5.71. The van der Waals surface area contributed by atoms with Gasteiger partial charge < -0.3 is 29.6 Å². The Morgan fingerprint density at radius 3 is 2.26 bits per heavy atom. The maximum Gasteiger partial charge on any atom is 0.410 e. The zero-order chi connectivity index (χ0) is 36.9. The van der Waals surface area contributed by atoms with E-state index in [1.165, 1.54) is 18.2 Å². The number of amides is 3. The second kappa shape index (κ2) is 15.3. The van der Waals surface area contributed by atoms with Crippen LogP contribution in [-0.4, -0.2) is 63.9 Å². The van der Waals surface area contributed by atoms with Crippen molar-refractivity contribution in [2.24, 2.45) is 0 Å². The number of carbonyl (C=O) groups is 3. The number of aromatic nitrogens is 1. The molecule has 3 aromatic rings. The van der Waals surface area contributed by atoms with Gasteiger partial charge in [0.05, 0.1) is 24.8 Å². The molecule has 2 N–H and O–H groups in total. The minimum absolute atomic E-state index is 0.00659. The molecule has 2 heterocycles. The Kier molecular flexibility index (Phi) is 11.5. The van der Waals surface area contributed by atoms with Crippen LogP contribution in [0.2, 0.25) is 0 Å². The van der Waals surface area contributed by atoms with Gasteiger partial charge in [-0.25, -0.2) is 32.5 Å². The van der Waals surface area contributed by atoms with Crippen LogP contribution in [0.5, 0.6) is 11.6 Å². The number of hydrogen-bond donors (Lipinski definition) is 2. The Labute approximate surface area is 289 Å². The van der Waals surface area contributed by atoms with Crippen molar-refractivity contribution in [2.45, 2.75) is 97.2 Å². The molecule has 0 bridgehead atoms. The molecule has 4 rings (SSSR count). The van der Waals surface area contributed by atoms with Crippen LogP contribution in [0, 0.1) is 12.7 Å². The van der Waals surface area contributed by atoms with Crippen LogP contribution in [0.1, 0.15) is 63.9 Å². The van der Waals surface area contributed by atoms with Crippen molar-refractivity contribution in [3.8, 4) is 11.6 Å². The lowest BCUT2D eigenvalue weighted by Crippen LogP contribution is -2.52. The average Bonchev–Trinajstić information content (AvgIpc) is 3.26. The molecule has 14 heteroatoms. The van der Waals surface area contributed by atoms with Crippen LogP contribution in [-0.2, 0) is 33.8 Å². The van der Waals surface area contributed by atoms with E-state index in [1.807, 2.05) is 0 Å². The number of benzene rings is 2. The highest BCUT2D eigenvalue weighted by Gasteiger charge is 2.57. The first-order chi connectivity index (χ1) is 23.3. The molecule has 50 heavy (non-hydrogen) atoms. The molecule has 1 saturated heterocycles. The molecule has 1 aromatic heterocycles. The molecule has 0 unspecified atom stereocenters. The number of hydrogen-bond acceptors (Lipinski definition) is 8. The maximum absolute atomic E-state index is 16.1. The van der Waals surface area contributed by atoms with E-state index in [1.54, 1.807) is 90.9 Å². The molecule has 270 valence electrons. The average molecular weight is 701 g/mol. The van der Waals surface area contributed by atoms with Crippen molar-refractivity contribution in [1.82, 2.24) is 20.5 Å². The molecule has 2 atom stereocenters. The van der Waals surface area contributed by atoms with Gasteiger partial charge in [-0.05, 0) is 78.1 Å². The normalized spacial score (nSPS) is 17.1. The largest absolute Gasteiger partial charge is 0.445 e. The van der Waals surface area contributed by atoms with E-state index in [9.17, 15) is 14.4 Å². The minimum atomic E-state index is -3.62. The van der Waals surface area contributed by atoms with E-state index < -0.39 is 66.3 Å². The molecular formula is C36H43F3N4O7. The Hall–Kier alpha value is -5.01. The monoisotopic (exact) mass is 700 g/mol. The zero-order valence-corrected chi connectivity index (χ0v) is 29.1. The first kappa shape index (κ1) is 37.8. The molecule has 0 aliphatic carbocycles. The van der Waals surface area contributed by atoms with Crippen molar-refractivity contribution in [3.05, 3.63) is 88.9 Å². The van der Waals surface area contributed by atoms with E-state index in [4.69, 9.17) is 18.9 Å². The van der Waals surface area contributed by atoms with Gasteiger partial charge in [-0.1, -0.05) is 48.5 Å². The van der Waals surface area contributed by atoms with Gasteiger partial charge in [-0.15, -0.1) is 0 Å². The summed E-state index contributed by atoms with van der Waals surface area (Å²) < 4.78 is 69.0. The third kappa shape index (κ3) is 10.5. The van der Waals surface area contributed by atoms with Gasteiger partial charge in [0.1, 0.15) is 23.9 Å². The number of carbonyl (C=O) groups excluding carboxylic acids is 3. The van der Waals surface area contributed by atoms with Crippen LogP contribution in [0.15, 0.2) is 60.7 Å². The summed E-state index contributed by atoms with van der Waals surface area (Å²) in [7, 11) is 0. The second-order valence-electron chi connectivity index (χ2n) is 13.9. The van der Waals surface area contributed by atoms with Crippen LogP contribution in [0.3, 0.4) is 0 Å². The van der Waals surface area contributed by atoms with E-state index in [0.29, 0.717) is 16.8 Å². The summed E-state index contributed by atoms with van der Waals surface area (Å²) in [6, 6.07) is 12.8. The summed E-state index contributed by atoms with van der Waals surface area (Å²) in [6.45, 7) is 10.4. The van der Waals surface area contributed by atoms with E-state index >= 15 is 13.2 Å². The van der Waals surface area contributed by atoms with Gasteiger partial charge in [-0.2, -0.15) is 0 Å². The molecule has 1 aliphatic heterocycles. The number of rotatable bonds is 9. The molecule has 11 nitrogen and oxygen atoms in total. The summed E-state index contributed by atoms with van der Waals surface area (Å²) in [4.78, 5) is 43.2. The number of alkyl carbamates (subject to hydrolysis) is 2. The number of nitrogens with one attached hydrogen (secondary N) is 2. The Morgan fingerprint density at radius 1 is 0.920 bits per heavy atom. The highest BCUT2D eigenvalue weighted by Crippen LogP contribution is 2.37. The number of pyridine rings is 1. The molecular weight excluding hydrogens is 657 g/mol. The number of ether oxygens (including phenoxy) is 4. The first-order valence-electron chi connectivity index (χ1n) is 16.0. The summed E-state index contributed by atoms with van der Waals surface area (Å²) in [5.74, 6) is -4.70. The number of likely N-dealkylation sites (tertiary alicyclic amines) is 1. The SMILES string of the molecule is Cc1ccc(CNC(=O)OC(C)(C)C)nc1Oc1cccc(C[C@H]2[C@@H](NC(=O)OCc3ccccc3)C(F)(F)CN2C(=O)OC(C)(C)C)c1F. The third-order valence-corrected chi connectivity index (χ3v) is 7.34. The highest BCUT2D eigenvalue weighted by atomic mass is 19.3. The van der Waals surface area contributed by atoms with Crippen LogP contribution < -0.4 is 15.4 Å². The number of aryl methyl sites for hydroxylation is 1. The second-order valence-corrected chi connectivity index (χ2v) is 13.9. The molecule has 3 amide bonds. The fourth-order valence-corrected chi connectivity index (χ4v) is 5.10. The van der Waals surface area contributed by atoms with Gasteiger partial charge in [-0.3, -0.25) is 4.90 Å². The van der Waals surface area contributed by atoms with Gasteiger partial charge in [0.25, 0.3) is 5.92 Å². The van der Waals surface area contributed by atoms with E-state index in [0.717, 1.165) is 4.90 Å². The van der Waals surface area contributed by atoms with E-state index in [2.05, 4.69) is 15.6 Å². The smallest absolute Gasteiger partial charge is 0.410 e. The Morgan fingerprint density at radius 2 is 1.60 bits per heavy atom. The van der Waals surface area contributed by atoms with Crippen molar-refractivity contribution in [3.63, 3.8) is 0 Å². The number of halogens is 3. The molecule has 0 radical (unpaired) electrons. The number of nitrogens with zero attached hydrogens (tertiary/aromatic N) is 2. The van der Waals surface area contributed by atoms with E-state index in [-0.39, 0.29) is 30.3 Å². The Balaban J connectivity index is 1.57. The first-order valence-corrected chi connectivity index (χ1v) is 16.0. The number of alkyl halides is 2. The molecule has 1 aliphatic rings. The van der Waals surface area contributed by atoms with Crippen molar-refractivity contribution >= 4 is 18.3 Å². The van der Waals surface area contributed by atoms with Crippen LogP contribution in [0.4, 0.5) is 27.6 Å². The minimum Gasteiger partial charge on any atom is -0.445 e. The van der Waals surface area contributed by atoms with Gasteiger partial charge in [0, 0.05) is 5.56 Å². The van der Waals surface area contributed by atoms with Crippen LogP contribution >= 0.6 is 0 Å². The van der Waals surface area contributed by atoms with Gasteiger partial charge >= 0.3 is 18.3 Å². The molecule has 0 saturated carbocycles. The maximum atomic E-state index is 16.1. The topological polar surface area (TPSA) is 128 Å². The summed E-state index contributed by atoms with van der Waals surface area (Å²) in [5.41, 5.74) is -0.174. The van der Waals surface area contributed by atoms with Crippen molar-refractivity contribution < 1.29 is 46.5 Å². The summed E-state index contributed by atoms with van der Waals surface area (Å²) in [6.07, 6.45) is -3.26. The zero-order valence-electron chi connectivity index (χ0n) is 29.1. The predicted molar refractivity (Wildman–Crippen MR) is 177 cm³/mol. The lowest BCUT2D eigenvalue weighted by molar-refractivity contribution is -0.0168. The lowest BCUT2D eigenvalue weighted by atomic mass is 9.98. The lowest BCUT2D eigenvalue weighted by Gasteiger charge is -2.30. The fraction of sp³-hybridized carbons (Fsp3) is 0.444. The van der Waals surface area contributed by atoms with Gasteiger partial charge in [0.15, 0.2) is 11.6 Å². The van der Waals surface area contributed by atoms with Crippen molar-refractivity contribution in [1.29, 1.82) is 0 Å². The quantitative estimate of drug-likeness (QED) is 0.221. The molecule has 0 spiro atoms. The van der Waals surface area contributed by atoms with Crippen LogP contribution in [0.25, 0.3) is 0 Å². The summed E-state index contributed by atoms with van der Waals surface area (Å²) >= 11 is 0. The standard InChI is InChI=1S/C36H43F3N4O7/c1-22-16-17-25(19-40-31(44)49-34(2,3)4)41-30(22)48-27-15-11-14-24(28(27)37)18-26-29(42-32(45)47-20-23-12-9-8-10-13-23)36(38,39)21-43(26)33(46)50-35(5,6)7/h8-17,26,29H,18-21H2,1-7H3,(H,40,44)(H,42,45)/t26-,29+/m0/s1. The Bertz CT molecular complexity index is 1680. The third-order valence-electron chi connectivity index (χ3n) is 7.34. The predicted octanol–water partition coefficient (Wildman–Crippen LogP) is 7.44. The van der Waals surface area contributed by atoms with Crippen molar-refractivity contribution in [2.75, 3.05) is 6.54 Å².